The molecule has 0 saturated heterocycles. The lowest BCUT2D eigenvalue weighted by atomic mass is 11.3. The Bertz CT molecular complexity index is 23.5. The van der Waals surface area contributed by atoms with E-state index in [1.165, 1.54) is 0 Å². The quantitative estimate of drug-likeness (QED) is 0.217. The first kappa shape index (κ1) is 3.08. The molecule has 5 heavy (non-hydrogen) atoms. The van der Waals surface area contributed by atoms with Crippen molar-refractivity contribution in [2.45, 2.75) is 0 Å². The van der Waals surface area contributed by atoms with Gasteiger partial charge < -0.3 is 5.11 Å². The molecule has 3 nitrogen and oxygen atoms in total. The Balaban J connectivity index is 2.34. The first-order chi connectivity index (χ1) is 2.91. The molecule has 3 N–H and O–H groups in total. The Morgan fingerprint density at radius 3 is 3.20 bits per heavy atom. The summed E-state index contributed by atoms with van der Waals surface area (Å²) in [6.07, 6.45) is 0. The van der Waals surface area contributed by atoms with E-state index in [-0.39, 0.29) is 13.8 Å². The van der Waals surface area contributed by atoms with E-state index in [2.05, 4.69) is 10.9 Å². The molecule has 32 valence electrons. The molecule has 0 fully saturated rings. The molecule has 0 aromatic rings. The van der Waals surface area contributed by atoms with Crippen LogP contribution in [0.2, 0.25) is 0 Å². The average molecular weight is 77.1 g/mol. The maximum Gasteiger partial charge on any atom is 0.105 e. The van der Waals surface area contributed by atoms with Crippen molar-refractivity contribution in [1.29, 1.82) is 0 Å². The predicted octanol–water partition coefficient (Wildman–Crippen LogP) is -1.34. The SMILES string of the molecule is [2H]CNNCO. The van der Waals surface area contributed by atoms with Crippen LogP contribution in [0.25, 0.3) is 0 Å². The molecule has 0 unspecified atom stereocenters. The summed E-state index contributed by atoms with van der Waals surface area (Å²) in [5.41, 5.74) is 4.68. The number of hydrogen-bond acceptors (Lipinski definition) is 3. The molecule has 0 amide bonds. The van der Waals surface area contributed by atoms with Crippen LogP contribution in [0.4, 0.5) is 0 Å². The van der Waals surface area contributed by atoms with Gasteiger partial charge in [0.05, 0.1) is 0 Å². The fourth-order valence-electron chi connectivity index (χ4n) is 0.0559. The Morgan fingerprint density at radius 1 is 2.20 bits per heavy atom. The predicted molar refractivity (Wildman–Crippen MR) is 19.3 cm³/mol. The van der Waals surface area contributed by atoms with Crippen LogP contribution in [0, 0.1) is 0 Å². The summed E-state index contributed by atoms with van der Waals surface area (Å²) in [6, 6.07) is 0. The molecule has 3 heteroatoms. The lowest BCUT2D eigenvalue weighted by Crippen LogP contribution is -2.27. The van der Waals surface area contributed by atoms with Crippen LogP contribution >= 0.6 is 0 Å². The molecule has 0 spiro atoms. The van der Waals surface area contributed by atoms with Crippen molar-refractivity contribution in [2.75, 3.05) is 13.8 Å². The van der Waals surface area contributed by atoms with Crippen molar-refractivity contribution in [2.24, 2.45) is 0 Å². The summed E-state index contributed by atoms with van der Waals surface area (Å²) in [5.74, 6) is 0. The first-order valence-electron chi connectivity index (χ1n) is 1.98. The van der Waals surface area contributed by atoms with Crippen LogP contribution in [-0.4, -0.2) is 18.9 Å². The number of rotatable bonds is 2. The van der Waals surface area contributed by atoms with Gasteiger partial charge in [-0.1, -0.05) is 0 Å². The highest BCUT2D eigenvalue weighted by molar-refractivity contribution is 4.06. The third-order valence-electron chi connectivity index (χ3n) is 0.204. The molecule has 0 bridgehead atoms. The van der Waals surface area contributed by atoms with Gasteiger partial charge in [-0.15, -0.1) is 0 Å². The Kier molecular flexibility index (Phi) is 2.39. The number of hydrogen-bond donors (Lipinski definition) is 3. The van der Waals surface area contributed by atoms with Crippen molar-refractivity contribution in [3.05, 3.63) is 0 Å². The molecular formula is C2H8N2O. The minimum absolute atomic E-state index is 0.0839. The van der Waals surface area contributed by atoms with Crippen molar-refractivity contribution < 1.29 is 6.48 Å². The fraction of sp³-hybridized carbons (Fsp3) is 1.00. The van der Waals surface area contributed by atoms with Crippen LogP contribution in [0.3, 0.4) is 0 Å². The van der Waals surface area contributed by atoms with Gasteiger partial charge >= 0.3 is 0 Å². The molecule has 0 aliphatic carbocycles. The van der Waals surface area contributed by atoms with Gasteiger partial charge in [0.25, 0.3) is 0 Å². The molecule has 0 atom stereocenters. The largest absolute Gasteiger partial charge is 0.380 e. The van der Waals surface area contributed by atoms with Gasteiger partial charge in [-0.25, -0.2) is 5.43 Å². The molecule has 0 heterocycles. The third-order valence-corrected chi connectivity index (χ3v) is 0.204. The highest BCUT2D eigenvalue weighted by Gasteiger charge is 1.60. The van der Waals surface area contributed by atoms with E-state index < -0.39 is 0 Å². The van der Waals surface area contributed by atoms with Crippen molar-refractivity contribution in [3.8, 4) is 0 Å². The summed E-state index contributed by atoms with van der Waals surface area (Å²) < 4.78 is 6.42. The summed E-state index contributed by atoms with van der Waals surface area (Å²) in [7, 11) is 0.0839. The molecule has 0 aliphatic heterocycles. The van der Waals surface area contributed by atoms with Crippen LogP contribution in [0.5, 0.6) is 0 Å². The summed E-state index contributed by atoms with van der Waals surface area (Å²) in [6.45, 7) is -0.126. The zero-order chi connectivity index (χ0) is 4.83. The summed E-state index contributed by atoms with van der Waals surface area (Å²) in [4.78, 5) is 0. The van der Waals surface area contributed by atoms with E-state index in [1.54, 1.807) is 0 Å². The minimum Gasteiger partial charge on any atom is -0.380 e. The number of hydrazine groups is 1. The fourth-order valence-corrected chi connectivity index (χ4v) is 0.0559. The highest BCUT2D eigenvalue weighted by atomic mass is 16.3. The van der Waals surface area contributed by atoms with E-state index in [0.29, 0.717) is 0 Å². The Morgan fingerprint density at radius 2 is 3.00 bits per heavy atom. The zero-order valence-electron chi connectivity index (χ0n) is 3.86. The van der Waals surface area contributed by atoms with E-state index in [1.807, 2.05) is 0 Å². The van der Waals surface area contributed by atoms with Gasteiger partial charge in [0.2, 0.25) is 0 Å². The van der Waals surface area contributed by atoms with Crippen LogP contribution in [-0.2, 0) is 0 Å². The van der Waals surface area contributed by atoms with Gasteiger partial charge in [-0.2, -0.15) is 0 Å². The number of aliphatic hydroxyl groups is 1. The van der Waals surface area contributed by atoms with Gasteiger partial charge in [0, 0.05) is 1.37 Å². The lowest BCUT2D eigenvalue weighted by Gasteiger charge is -1.89. The maximum absolute atomic E-state index is 7.94. The van der Waals surface area contributed by atoms with Gasteiger partial charge in [0.1, 0.15) is 6.73 Å². The van der Waals surface area contributed by atoms with Crippen LogP contribution in [0.1, 0.15) is 1.37 Å². The topological polar surface area (TPSA) is 44.3 Å². The first-order valence-corrected chi connectivity index (χ1v) is 1.27. The van der Waals surface area contributed by atoms with E-state index in [9.17, 15) is 0 Å². The second kappa shape index (κ2) is 3.88. The number of aliphatic hydroxyl groups excluding tert-OH is 1. The molecule has 0 rings (SSSR count). The van der Waals surface area contributed by atoms with Gasteiger partial charge in [-0.3, -0.25) is 5.43 Å². The van der Waals surface area contributed by atoms with Gasteiger partial charge in [-0.05, 0) is 7.02 Å². The Hall–Kier alpha value is -0.120. The lowest BCUT2D eigenvalue weighted by molar-refractivity contribution is 0.245. The average Bonchev–Trinajstić information content (AvgIpc) is 1.61. The van der Waals surface area contributed by atoms with E-state index in [0.717, 1.165) is 0 Å². The second-order valence-corrected chi connectivity index (χ2v) is 0.512. The van der Waals surface area contributed by atoms with Crippen molar-refractivity contribution in [3.63, 3.8) is 0 Å². The zero-order valence-corrected chi connectivity index (χ0v) is 2.86. The summed E-state index contributed by atoms with van der Waals surface area (Å²) in [5, 5.41) is 7.94. The maximum atomic E-state index is 7.94. The normalized spacial score (nSPS) is 11.0. The van der Waals surface area contributed by atoms with Crippen LogP contribution in [0.15, 0.2) is 0 Å². The third kappa shape index (κ3) is 3.88. The molecule has 0 aliphatic rings. The minimum atomic E-state index is -0.126. The smallest absolute Gasteiger partial charge is 0.105 e. The molecule has 0 aromatic heterocycles. The van der Waals surface area contributed by atoms with E-state index >= 15 is 0 Å². The van der Waals surface area contributed by atoms with Crippen molar-refractivity contribution >= 4 is 0 Å². The summed E-state index contributed by atoms with van der Waals surface area (Å²) >= 11 is 0. The monoisotopic (exact) mass is 77.1 g/mol. The molecular weight excluding hydrogens is 68.0 g/mol. The van der Waals surface area contributed by atoms with Crippen LogP contribution < -0.4 is 10.9 Å². The highest BCUT2D eigenvalue weighted by Crippen LogP contribution is 1.27. The van der Waals surface area contributed by atoms with Crippen molar-refractivity contribution in [1.82, 2.24) is 10.9 Å². The molecule has 0 aromatic carbocycles. The standard InChI is InChI=1S/C2H8N2O/c1-3-4-2-5/h3-5H,2H2,1H3/i1D. The molecule has 0 radical (unpaired) electrons. The number of nitrogens with one attached hydrogen (secondary N) is 2. The molecule has 0 saturated carbocycles. The second-order valence-electron chi connectivity index (χ2n) is 0.512. The Labute approximate surface area is 32.4 Å². The van der Waals surface area contributed by atoms with Gasteiger partial charge in [0.15, 0.2) is 0 Å². The van der Waals surface area contributed by atoms with E-state index in [4.69, 9.17) is 6.48 Å².